The molecule has 0 radical (unpaired) electrons. The van der Waals surface area contributed by atoms with Crippen LogP contribution in [0.25, 0.3) is 0 Å². The Bertz CT molecular complexity index is 387. The van der Waals surface area contributed by atoms with E-state index in [0.29, 0.717) is 24.2 Å². The van der Waals surface area contributed by atoms with Crippen LogP contribution in [0.2, 0.25) is 0 Å². The summed E-state index contributed by atoms with van der Waals surface area (Å²) in [6.07, 6.45) is 0. The Kier molecular flexibility index (Phi) is 17.2. The van der Waals surface area contributed by atoms with Gasteiger partial charge in [0.1, 0.15) is 0 Å². The molecule has 0 aromatic carbocycles. The summed E-state index contributed by atoms with van der Waals surface area (Å²) in [5.74, 6) is 0. The van der Waals surface area contributed by atoms with Crippen molar-refractivity contribution in [3.63, 3.8) is 0 Å². The van der Waals surface area contributed by atoms with Gasteiger partial charge in [-0.2, -0.15) is 0 Å². The highest BCUT2D eigenvalue weighted by molar-refractivity contribution is 4.76. The molecule has 1 heterocycles. The van der Waals surface area contributed by atoms with Gasteiger partial charge >= 0.3 is 0 Å². The molecule has 5 heteroatoms. The summed E-state index contributed by atoms with van der Waals surface area (Å²) in [5, 5.41) is 0. The first-order valence-electron chi connectivity index (χ1n) is 13.3. The second-order valence-corrected chi connectivity index (χ2v) is 9.97. The van der Waals surface area contributed by atoms with Crippen molar-refractivity contribution in [1.29, 1.82) is 0 Å². The number of hydrogen-bond acceptors (Lipinski definition) is 5. The largest absolute Gasteiger partial charge is 0.301 e. The zero-order chi connectivity index (χ0) is 24.0. The summed E-state index contributed by atoms with van der Waals surface area (Å²) in [6.45, 7) is 38.1. The van der Waals surface area contributed by atoms with Crippen LogP contribution in [0.15, 0.2) is 0 Å². The molecule has 0 spiro atoms. The van der Waals surface area contributed by atoms with Crippen molar-refractivity contribution in [1.82, 2.24) is 24.5 Å². The molecule has 1 aliphatic rings. The van der Waals surface area contributed by atoms with Crippen LogP contribution < -0.4 is 0 Å². The van der Waals surface area contributed by atoms with Gasteiger partial charge in [-0.15, -0.1) is 0 Å². The highest BCUT2D eigenvalue weighted by Crippen LogP contribution is 2.08. The van der Waals surface area contributed by atoms with Crippen LogP contribution in [0, 0.1) is 0 Å². The predicted molar refractivity (Wildman–Crippen MR) is 140 cm³/mol. The minimum atomic E-state index is 0.629. The van der Waals surface area contributed by atoms with Crippen LogP contribution >= 0.6 is 0 Å². The van der Waals surface area contributed by atoms with E-state index in [1.807, 2.05) is 13.8 Å². The molecule has 0 bridgehead atoms. The molecule has 0 amide bonds. The minimum absolute atomic E-state index is 0.629. The monoisotopic (exact) mass is 441 g/mol. The van der Waals surface area contributed by atoms with Gasteiger partial charge in [-0.3, -0.25) is 19.6 Å². The molecule has 0 unspecified atom stereocenters. The lowest BCUT2D eigenvalue weighted by Gasteiger charge is -2.38. The smallest absolute Gasteiger partial charge is 0.0115 e. The lowest BCUT2D eigenvalue weighted by atomic mass is 10.2. The summed E-state index contributed by atoms with van der Waals surface area (Å²) in [4.78, 5) is 13.2. The Hall–Kier alpha value is -0.200. The molecule has 1 saturated heterocycles. The van der Waals surface area contributed by atoms with Crippen LogP contribution in [0.1, 0.15) is 76.2 Å². The summed E-state index contributed by atoms with van der Waals surface area (Å²) in [6, 6.07) is 2.53. The summed E-state index contributed by atoms with van der Waals surface area (Å²) in [7, 11) is 0. The predicted octanol–water partition coefficient (Wildman–Crippen LogP) is 4.19. The highest BCUT2D eigenvalue weighted by Gasteiger charge is 2.20. The summed E-state index contributed by atoms with van der Waals surface area (Å²) >= 11 is 0. The van der Waals surface area contributed by atoms with Gasteiger partial charge in [0.15, 0.2) is 0 Å². The molecule has 1 rings (SSSR count). The van der Waals surface area contributed by atoms with Crippen LogP contribution in [0.4, 0.5) is 0 Å². The highest BCUT2D eigenvalue weighted by atomic mass is 15.3. The summed E-state index contributed by atoms with van der Waals surface area (Å²) < 4.78 is 0. The van der Waals surface area contributed by atoms with Crippen LogP contribution in [0.5, 0.6) is 0 Å². The number of rotatable bonds is 14. The van der Waals surface area contributed by atoms with Gasteiger partial charge in [-0.25, -0.2) is 0 Å². The number of hydrogen-bond donors (Lipinski definition) is 0. The Labute approximate surface area is 197 Å². The Balaban J connectivity index is 0.00000436. The average Bonchev–Trinajstić information content (AvgIpc) is 2.72. The fraction of sp³-hybridized carbons (Fsp3) is 1.00. The standard InChI is InChI=1S/C24H53N5.C2H6/c1-10-25(17-19-28(21(2)3)22(4)5)11-12-26-13-15-27(16-14-26)18-20-29(23(6)7)24(8)9;1-2/h21-24H,10-20H2,1-9H3;1-2H3. The second-order valence-electron chi connectivity index (χ2n) is 9.97. The Morgan fingerprint density at radius 2 is 0.903 bits per heavy atom. The van der Waals surface area contributed by atoms with Gasteiger partial charge < -0.3 is 4.90 Å². The third-order valence-electron chi connectivity index (χ3n) is 6.65. The maximum atomic E-state index is 2.67. The molecule has 1 fully saturated rings. The molecule has 5 nitrogen and oxygen atoms in total. The van der Waals surface area contributed by atoms with Crippen molar-refractivity contribution in [3.8, 4) is 0 Å². The van der Waals surface area contributed by atoms with Crippen LogP contribution in [0.3, 0.4) is 0 Å². The van der Waals surface area contributed by atoms with Gasteiger partial charge in [-0.1, -0.05) is 20.8 Å². The number of piperazine rings is 1. The van der Waals surface area contributed by atoms with Gasteiger partial charge in [0, 0.05) is 89.6 Å². The van der Waals surface area contributed by atoms with Gasteiger partial charge in [0.25, 0.3) is 0 Å². The first-order valence-corrected chi connectivity index (χ1v) is 13.3. The van der Waals surface area contributed by atoms with E-state index < -0.39 is 0 Å². The molecule has 0 atom stereocenters. The zero-order valence-corrected chi connectivity index (χ0v) is 23.3. The van der Waals surface area contributed by atoms with E-state index in [-0.39, 0.29) is 0 Å². The van der Waals surface area contributed by atoms with E-state index >= 15 is 0 Å². The molecule has 0 saturated carbocycles. The van der Waals surface area contributed by atoms with Gasteiger partial charge in [-0.05, 0) is 61.9 Å². The van der Waals surface area contributed by atoms with Gasteiger partial charge in [0.05, 0.1) is 0 Å². The molecular formula is C26H59N5. The first kappa shape index (κ1) is 30.8. The zero-order valence-electron chi connectivity index (χ0n) is 23.3. The normalized spacial score (nSPS) is 16.5. The third kappa shape index (κ3) is 12.6. The van der Waals surface area contributed by atoms with Crippen molar-refractivity contribution in [2.75, 3.05) is 72.0 Å². The molecule has 0 aromatic heterocycles. The van der Waals surface area contributed by atoms with Gasteiger partial charge in [0.2, 0.25) is 0 Å². The quantitative estimate of drug-likeness (QED) is 0.400. The van der Waals surface area contributed by atoms with Crippen molar-refractivity contribution < 1.29 is 0 Å². The van der Waals surface area contributed by atoms with Crippen molar-refractivity contribution in [2.45, 2.75) is 100 Å². The summed E-state index contributed by atoms with van der Waals surface area (Å²) in [5.41, 5.74) is 0. The van der Waals surface area contributed by atoms with E-state index in [1.54, 1.807) is 0 Å². The van der Waals surface area contributed by atoms with E-state index in [4.69, 9.17) is 0 Å². The minimum Gasteiger partial charge on any atom is -0.301 e. The molecule has 0 aromatic rings. The SMILES string of the molecule is CC.CCN(CCN1CCN(CCN(C(C)C)C(C)C)CC1)CCN(C(C)C)C(C)C. The maximum absolute atomic E-state index is 2.67. The average molecular weight is 442 g/mol. The van der Waals surface area contributed by atoms with Crippen LogP contribution in [-0.2, 0) is 0 Å². The Morgan fingerprint density at radius 3 is 1.26 bits per heavy atom. The lowest BCUT2D eigenvalue weighted by Crippen LogP contribution is -2.51. The second kappa shape index (κ2) is 17.3. The molecule has 188 valence electrons. The van der Waals surface area contributed by atoms with Crippen molar-refractivity contribution in [2.24, 2.45) is 0 Å². The lowest BCUT2D eigenvalue weighted by molar-refractivity contribution is 0.0910. The third-order valence-corrected chi connectivity index (χ3v) is 6.65. The fourth-order valence-electron chi connectivity index (χ4n) is 4.69. The van der Waals surface area contributed by atoms with Crippen molar-refractivity contribution >= 4 is 0 Å². The van der Waals surface area contributed by atoms with E-state index in [0.717, 1.165) is 6.54 Å². The maximum Gasteiger partial charge on any atom is 0.0115 e. The topological polar surface area (TPSA) is 16.2 Å². The van der Waals surface area contributed by atoms with Crippen molar-refractivity contribution in [3.05, 3.63) is 0 Å². The fourth-order valence-corrected chi connectivity index (χ4v) is 4.69. The van der Waals surface area contributed by atoms with Crippen LogP contribution in [-0.4, -0.2) is 121 Å². The van der Waals surface area contributed by atoms with E-state index in [2.05, 4.69) is 86.8 Å². The molecular weight excluding hydrogens is 382 g/mol. The number of nitrogens with zero attached hydrogens (tertiary/aromatic N) is 5. The number of likely N-dealkylation sites (N-methyl/N-ethyl adjacent to an activating group) is 1. The molecule has 31 heavy (non-hydrogen) atoms. The molecule has 1 aliphatic heterocycles. The Morgan fingerprint density at radius 1 is 0.548 bits per heavy atom. The molecule has 0 aliphatic carbocycles. The van der Waals surface area contributed by atoms with E-state index in [1.165, 1.54) is 65.4 Å². The van der Waals surface area contributed by atoms with E-state index in [9.17, 15) is 0 Å². The first-order chi connectivity index (χ1) is 14.6. The molecule has 0 N–H and O–H groups in total.